The highest BCUT2D eigenvalue weighted by molar-refractivity contribution is 5.79. The van der Waals surface area contributed by atoms with Crippen LogP contribution >= 0.6 is 0 Å². The summed E-state index contributed by atoms with van der Waals surface area (Å²) in [5, 5.41) is 12.0. The second kappa shape index (κ2) is 3.27. The zero-order valence-corrected chi connectivity index (χ0v) is 8.39. The van der Waals surface area contributed by atoms with Gasteiger partial charge in [-0.05, 0) is 27.3 Å². The molecule has 0 bridgehead atoms. The molecule has 13 heavy (non-hydrogen) atoms. The maximum Gasteiger partial charge on any atom is 0.324 e. The molecule has 1 aliphatic heterocycles. The van der Waals surface area contributed by atoms with Crippen molar-refractivity contribution in [2.45, 2.75) is 37.8 Å². The standard InChI is InChI=1S/C9H17NO3/c1-8(2)6-9(10-3,7(11)12)4-5-13-8/h10H,4-6H2,1-3H3,(H,11,12). The van der Waals surface area contributed by atoms with Gasteiger partial charge in [-0.15, -0.1) is 0 Å². The van der Waals surface area contributed by atoms with Crippen LogP contribution in [0.25, 0.3) is 0 Å². The minimum absolute atomic E-state index is 0.348. The lowest BCUT2D eigenvalue weighted by Gasteiger charge is -2.41. The van der Waals surface area contributed by atoms with Crippen molar-refractivity contribution in [2.24, 2.45) is 0 Å². The van der Waals surface area contributed by atoms with Gasteiger partial charge < -0.3 is 15.2 Å². The van der Waals surface area contributed by atoms with Crippen molar-refractivity contribution in [3.8, 4) is 0 Å². The van der Waals surface area contributed by atoms with Crippen molar-refractivity contribution in [1.29, 1.82) is 0 Å². The molecule has 76 valence electrons. The first-order valence-electron chi connectivity index (χ1n) is 4.48. The van der Waals surface area contributed by atoms with Crippen LogP contribution in [0.4, 0.5) is 0 Å². The number of hydrogen-bond donors (Lipinski definition) is 2. The molecule has 0 spiro atoms. The highest BCUT2D eigenvalue weighted by atomic mass is 16.5. The van der Waals surface area contributed by atoms with Crippen LogP contribution in [0.2, 0.25) is 0 Å². The summed E-state index contributed by atoms with van der Waals surface area (Å²) in [5.74, 6) is -0.786. The van der Waals surface area contributed by atoms with E-state index in [2.05, 4.69) is 5.32 Å². The van der Waals surface area contributed by atoms with E-state index in [0.717, 1.165) is 0 Å². The molecule has 1 saturated heterocycles. The molecule has 1 unspecified atom stereocenters. The maximum atomic E-state index is 11.1. The molecule has 1 heterocycles. The molecule has 4 heteroatoms. The van der Waals surface area contributed by atoms with E-state index in [1.807, 2.05) is 13.8 Å². The number of nitrogens with one attached hydrogen (secondary N) is 1. The second-order valence-corrected chi connectivity index (χ2v) is 4.17. The van der Waals surface area contributed by atoms with Gasteiger partial charge in [0.25, 0.3) is 0 Å². The molecule has 1 aliphatic rings. The summed E-state index contributed by atoms with van der Waals surface area (Å²) in [6, 6.07) is 0. The van der Waals surface area contributed by atoms with Gasteiger partial charge in [-0.1, -0.05) is 0 Å². The fourth-order valence-electron chi connectivity index (χ4n) is 1.87. The summed E-state index contributed by atoms with van der Waals surface area (Å²) in [5.41, 5.74) is -1.15. The highest BCUT2D eigenvalue weighted by Gasteiger charge is 2.45. The molecule has 0 amide bonds. The Morgan fingerprint density at radius 2 is 2.15 bits per heavy atom. The number of carboxylic acids is 1. The van der Waals surface area contributed by atoms with E-state index in [1.165, 1.54) is 0 Å². The van der Waals surface area contributed by atoms with Crippen molar-refractivity contribution in [1.82, 2.24) is 5.32 Å². The van der Waals surface area contributed by atoms with Crippen LogP contribution in [0.15, 0.2) is 0 Å². The zero-order valence-electron chi connectivity index (χ0n) is 8.39. The van der Waals surface area contributed by atoms with E-state index in [0.29, 0.717) is 19.4 Å². The predicted octanol–water partition coefficient (Wildman–Crippen LogP) is 0.618. The number of likely N-dealkylation sites (N-methyl/N-ethyl adjacent to an activating group) is 1. The Bertz CT molecular complexity index is 215. The van der Waals surface area contributed by atoms with E-state index in [4.69, 9.17) is 9.84 Å². The van der Waals surface area contributed by atoms with Crippen molar-refractivity contribution >= 4 is 5.97 Å². The van der Waals surface area contributed by atoms with E-state index in [-0.39, 0.29) is 5.60 Å². The van der Waals surface area contributed by atoms with Gasteiger partial charge >= 0.3 is 5.97 Å². The van der Waals surface area contributed by atoms with Crippen LogP contribution in [-0.2, 0) is 9.53 Å². The lowest BCUT2D eigenvalue weighted by molar-refractivity contribution is -0.157. The minimum Gasteiger partial charge on any atom is -0.480 e. The second-order valence-electron chi connectivity index (χ2n) is 4.17. The third-order valence-electron chi connectivity index (χ3n) is 2.64. The molecule has 1 atom stereocenters. The molecule has 0 saturated carbocycles. The van der Waals surface area contributed by atoms with E-state index < -0.39 is 11.5 Å². The molecular formula is C9H17NO3. The molecule has 4 nitrogen and oxygen atoms in total. The Hall–Kier alpha value is -0.610. The van der Waals surface area contributed by atoms with Crippen LogP contribution in [-0.4, -0.2) is 35.9 Å². The molecule has 1 rings (SSSR count). The molecule has 1 fully saturated rings. The summed E-state index contributed by atoms with van der Waals surface area (Å²) < 4.78 is 5.47. The number of aliphatic carboxylic acids is 1. The van der Waals surface area contributed by atoms with Gasteiger partial charge in [-0.2, -0.15) is 0 Å². The molecule has 0 radical (unpaired) electrons. The monoisotopic (exact) mass is 187 g/mol. The fourth-order valence-corrected chi connectivity index (χ4v) is 1.87. The average Bonchev–Trinajstić information content (AvgIpc) is 2.02. The Balaban J connectivity index is 2.82. The third-order valence-corrected chi connectivity index (χ3v) is 2.64. The van der Waals surface area contributed by atoms with Gasteiger partial charge in [0.15, 0.2) is 0 Å². The predicted molar refractivity (Wildman–Crippen MR) is 48.7 cm³/mol. The number of hydrogen-bond acceptors (Lipinski definition) is 3. The maximum absolute atomic E-state index is 11.1. The molecule has 0 aromatic heterocycles. The third kappa shape index (κ3) is 2.00. The zero-order chi connectivity index (χ0) is 10.1. The topological polar surface area (TPSA) is 58.6 Å². The van der Waals surface area contributed by atoms with Gasteiger partial charge in [0.2, 0.25) is 0 Å². The Labute approximate surface area is 78.3 Å². The largest absolute Gasteiger partial charge is 0.480 e. The molecule has 0 aliphatic carbocycles. The van der Waals surface area contributed by atoms with Crippen molar-refractivity contribution in [2.75, 3.05) is 13.7 Å². The van der Waals surface area contributed by atoms with E-state index in [9.17, 15) is 4.79 Å². The Morgan fingerprint density at radius 1 is 1.54 bits per heavy atom. The van der Waals surface area contributed by atoms with Crippen molar-refractivity contribution in [3.63, 3.8) is 0 Å². The molecule has 0 aromatic rings. The quantitative estimate of drug-likeness (QED) is 0.665. The normalized spacial score (nSPS) is 32.8. The summed E-state index contributed by atoms with van der Waals surface area (Å²) in [6.45, 7) is 4.34. The SMILES string of the molecule is CNC1(C(=O)O)CCOC(C)(C)C1. The summed E-state index contributed by atoms with van der Waals surface area (Å²) in [7, 11) is 1.69. The lowest BCUT2D eigenvalue weighted by atomic mass is 9.81. The Kier molecular flexibility index (Phi) is 2.63. The number of carbonyl (C=O) groups is 1. The number of ether oxygens (including phenoxy) is 1. The molecule has 2 N–H and O–H groups in total. The average molecular weight is 187 g/mol. The molecule has 0 aromatic carbocycles. The first-order valence-corrected chi connectivity index (χ1v) is 4.48. The number of carboxylic acid groups (broad SMARTS) is 1. The summed E-state index contributed by atoms with van der Waals surface area (Å²) in [6.07, 6.45) is 1.04. The van der Waals surface area contributed by atoms with Gasteiger partial charge in [0.1, 0.15) is 5.54 Å². The van der Waals surface area contributed by atoms with Gasteiger partial charge in [-0.3, -0.25) is 4.79 Å². The minimum atomic E-state index is -0.804. The first-order chi connectivity index (χ1) is 5.92. The van der Waals surface area contributed by atoms with E-state index in [1.54, 1.807) is 7.05 Å². The van der Waals surface area contributed by atoms with Gasteiger partial charge in [0.05, 0.1) is 5.60 Å². The van der Waals surface area contributed by atoms with Crippen LogP contribution in [0.1, 0.15) is 26.7 Å². The summed E-state index contributed by atoms with van der Waals surface area (Å²) in [4.78, 5) is 11.1. The van der Waals surface area contributed by atoms with Crippen molar-refractivity contribution in [3.05, 3.63) is 0 Å². The van der Waals surface area contributed by atoms with Crippen molar-refractivity contribution < 1.29 is 14.6 Å². The van der Waals surface area contributed by atoms with Crippen LogP contribution < -0.4 is 5.32 Å². The summed E-state index contributed by atoms with van der Waals surface area (Å²) >= 11 is 0. The fraction of sp³-hybridized carbons (Fsp3) is 0.889. The number of rotatable bonds is 2. The van der Waals surface area contributed by atoms with Gasteiger partial charge in [0, 0.05) is 13.0 Å². The van der Waals surface area contributed by atoms with Crippen LogP contribution in [0, 0.1) is 0 Å². The smallest absolute Gasteiger partial charge is 0.324 e. The van der Waals surface area contributed by atoms with Crippen LogP contribution in [0.3, 0.4) is 0 Å². The Morgan fingerprint density at radius 3 is 2.46 bits per heavy atom. The lowest BCUT2D eigenvalue weighted by Crippen LogP contribution is -2.58. The van der Waals surface area contributed by atoms with Crippen LogP contribution in [0.5, 0.6) is 0 Å². The molecular weight excluding hydrogens is 170 g/mol. The van der Waals surface area contributed by atoms with E-state index >= 15 is 0 Å². The highest BCUT2D eigenvalue weighted by Crippen LogP contribution is 2.31. The van der Waals surface area contributed by atoms with Gasteiger partial charge in [-0.25, -0.2) is 0 Å². The first kappa shape index (κ1) is 10.5.